The molecule has 1 aromatic heterocycles. The molecule has 0 bridgehead atoms. The summed E-state index contributed by atoms with van der Waals surface area (Å²) in [5, 5.41) is 0. The Morgan fingerprint density at radius 2 is 2.14 bits per heavy atom. The van der Waals surface area contributed by atoms with Crippen molar-refractivity contribution in [2.75, 3.05) is 19.4 Å². The van der Waals surface area contributed by atoms with E-state index in [4.69, 9.17) is 10.5 Å². The normalized spacial score (nSPS) is 15.7. The van der Waals surface area contributed by atoms with E-state index >= 15 is 0 Å². The van der Waals surface area contributed by atoms with Crippen molar-refractivity contribution < 1.29 is 13.2 Å². The predicted molar refractivity (Wildman–Crippen MR) is 77.2 cm³/mol. The number of nitrogen functional groups attached to an aromatic ring is 1. The number of hydrogen-bond acceptors (Lipinski definition) is 5. The molecule has 0 unspecified atom stereocenters. The highest BCUT2D eigenvalue weighted by molar-refractivity contribution is 7.89. The number of aromatic nitrogens is 2. The first-order valence-corrected chi connectivity index (χ1v) is 7.90. The molecule has 112 valence electrons. The van der Waals surface area contributed by atoms with Gasteiger partial charge in [0.2, 0.25) is 10.0 Å². The minimum atomic E-state index is -3.64. The molecule has 21 heavy (non-hydrogen) atoms. The van der Waals surface area contributed by atoms with Gasteiger partial charge in [-0.2, -0.15) is 4.31 Å². The first kappa shape index (κ1) is 13.9. The summed E-state index contributed by atoms with van der Waals surface area (Å²) in [5.74, 6) is 1.26. The van der Waals surface area contributed by atoms with Crippen LogP contribution in [0.25, 0.3) is 0 Å². The van der Waals surface area contributed by atoms with Gasteiger partial charge in [-0.1, -0.05) is 0 Å². The van der Waals surface area contributed by atoms with Gasteiger partial charge in [0.15, 0.2) is 0 Å². The van der Waals surface area contributed by atoms with Crippen molar-refractivity contribution in [3.8, 4) is 5.75 Å². The van der Waals surface area contributed by atoms with Crippen molar-refractivity contribution >= 4 is 15.7 Å². The van der Waals surface area contributed by atoms with Crippen LogP contribution in [0.3, 0.4) is 0 Å². The van der Waals surface area contributed by atoms with Crippen molar-refractivity contribution in [2.24, 2.45) is 0 Å². The van der Waals surface area contributed by atoms with E-state index in [0.717, 1.165) is 5.82 Å². The van der Waals surface area contributed by atoms with E-state index in [1.165, 1.54) is 23.5 Å². The Balaban J connectivity index is 1.95. The first-order valence-electron chi connectivity index (χ1n) is 6.46. The van der Waals surface area contributed by atoms with Crippen LogP contribution in [0, 0.1) is 0 Å². The molecular formula is C13H16N4O3S. The van der Waals surface area contributed by atoms with Gasteiger partial charge in [0.05, 0.1) is 19.3 Å². The molecule has 0 amide bonds. The number of nitrogens with two attached hydrogens (primary N) is 1. The van der Waals surface area contributed by atoms with Crippen LogP contribution in [0.2, 0.25) is 0 Å². The lowest BCUT2D eigenvalue weighted by Gasteiger charge is -2.27. The number of nitrogens with zero attached hydrogens (tertiary/aromatic N) is 3. The summed E-state index contributed by atoms with van der Waals surface area (Å²) in [4.78, 5) is 4.27. The van der Waals surface area contributed by atoms with Crippen LogP contribution in [0.4, 0.5) is 5.69 Å². The highest BCUT2D eigenvalue weighted by Gasteiger charge is 2.30. The van der Waals surface area contributed by atoms with Crippen molar-refractivity contribution in [3.05, 3.63) is 36.4 Å². The monoisotopic (exact) mass is 308 g/mol. The van der Waals surface area contributed by atoms with E-state index in [-0.39, 0.29) is 17.1 Å². The predicted octanol–water partition coefficient (Wildman–Crippen LogP) is 0.678. The molecule has 0 radical (unpaired) electrons. The maximum atomic E-state index is 12.7. The zero-order valence-corrected chi connectivity index (χ0v) is 12.4. The molecule has 0 aliphatic carbocycles. The van der Waals surface area contributed by atoms with Crippen LogP contribution >= 0.6 is 0 Å². The highest BCUT2D eigenvalue weighted by Crippen LogP contribution is 2.28. The summed E-state index contributed by atoms with van der Waals surface area (Å²) >= 11 is 0. The molecule has 3 rings (SSSR count). The number of imidazole rings is 1. The van der Waals surface area contributed by atoms with Gasteiger partial charge >= 0.3 is 0 Å². The fourth-order valence-electron chi connectivity index (χ4n) is 2.38. The van der Waals surface area contributed by atoms with Gasteiger partial charge in [-0.15, -0.1) is 0 Å². The molecule has 2 heterocycles. The summed E-state index contributed by atoms with van der Waals surface area (Å²) in [6.45, 7) is 1.24. The Morgan fingerprint density at radius 1 is 1.33 bits per heavy atom. The van der Waals surface area contributed by atoms with E-state index in [1.54, 1.807) is 12.3 Å². The summed E-state index contributed by atoms with van der Waals surface area (Å²) in [5.41, 5.74) is 6.04. The lowest BCUT2D eigenvalue weighted by molar-refractivity contribution is 0.335. The Morgan fingerprint density at radius 3 is 2.86 bits per heavy atom. The average molecular weight is 308 g/mol. The standard InChI is InChI=1S/C13H16N4O3S/c1-20-10-2-3-12(11(14)8-10)21(18,19)17-7-6-16-5-4-15-13(16)9-17/h2-5,8H,6-7,9,14H2,1H3. The lowest BCUT2D eigenvalue weighted by Crippen LogP contribution is -2.38. The van der Waals surface area contributed by atoms with Crippen LogP contribution in [0.15, 0.2) is 35.5 Å². The molecular weight excluding hydrogens is 292 g/mol. The smallest absolute Gasteiger partial charge is 0.245 e. The molecule has 0 fully saturated rings. The fraction of sp³-hybridized carbons (Fsp3) is 0.308. The van der Waals surface area contributed by atoms with Crippen molar-refractivity contribution in [3.63, 3.8) is 0 Å². The molecule has 0 saturated carbocycles. The van der Waals surface area contributed by atoms with E-state index < -0.39 is 10.0 Å². The zero-order valence-electron chi connectivity index (χ0n) is 11.6. The molecule has 0 spiro atoms. The third-order valence-electron chi connectivity index (χ3n) is 3.54. The molecule has 1 aromatic carbocycles. The molecule has 0 atom stereocenters. The van der Waals surface area contributed by atoms with Crippen molar-refractivity contribution in [1.82, 2.24) is 13.9 Å². The SMILES string of the molecule is COc1ccc(S(=O)(=O)N2CCn3ccnc3C2)c(N)c1. The first-order chi connectivity index (χ1) is 10.0. The number of benzene rings is 1. The highest BCUT2D eigenvalue weighted by atomic mass is 32.2. The van der Waals surface area contributed by atoms with Gasteiger partial charge in [-0.25, -0.2) is 13.4 Å². The second-order valence-corrected chi connectivity index (χ2v) is 6.69. The third-order valence-corrected chi connectivity index (χ3v) is 5.46. The summed E-state index contributed by atoms with van der Waals surface area (Å²) < 4.78 is 33.8. The van der Waals surface area contributed by atoms with Gasteiger partial charge < -0.3 is 15.0 Å². The quantitative estimate of drug-likeness (QED) is 0.842. The Labute approximate surface area is 123 Å². The number of hydrogen-bond donors (Lipinski definition) is 1. The van der Waals surface area contributed by atoms with Gasteiger partial charge in [-0.3, -0.25) is 0 Å². The van der Waals surface area contributed by atoms with Gasteiger partial charge in [0.25, 0.3) is 0 Å². The number of rotatable bonds is 3. The summed E-state index contributed by atoms with van der Waals surface area (Å²) in [7, 11) is -2.13. The van der Waals surface area contributed by atoms with Crippen molar-refractivity contribution in [1.29, 1.82) is 0 Å². The molecule has 2 aromatic rings. The largest absolute Gasteiger partial charge is 0.497 e. The molecule has 1 aliphatic rings. The summed E-state index contributed by atoms with van der Waals surface area (Å²) in [6, 6.07) is 4.58. The van der Waals surface area contributed by atoms with E-state index in [9.17, 15) is 8.42 Å². The van der Waals surface area contributed by atoms with Gasteiger partial charge in [0.1, 0.15) is 16.5 Å². The minimum absolute atomic E-state index is 0.100. The maximum absolute atomic E-state index is 12.7. The van der Waals surface area contributed by atoms with Crippen LogP contribution in [0.5, 0.6) is 5.75 Å². The number of methoxy groups -OCH3 is 1. The number of anilines is 1. The Kier molecular flexibility index (Phi) is 3.34. The Bertz CT molecular complexity index is 769. The second-order valence-electron chi connectivity index (χ2n) is 4.78. The van der Waals surface area contributed by atoms with Crippen LogP contribution in [-0.4, -0.2) is 35.9 Å². The number of sulfonamides is 1. The van der Waals surface area contributed by atoms with Crippen LogP contribution in [-0.2, 0) is 23.1 Å². The zero-order chi connectivity index (χ0) is 15.0. The van der Waals surface area contributed by atoms with Crippen molar-refractivity contribution in [2.45, 2.75) is 18.0 Å². The molecule has 2 N–H and O–H groups in total. The summed E-state index contributed by atoms with van der Waals surface area (Å²) in [6.07, 6.45) is 3.52. The van der Waals surface area contributed by atoms with E-state index in [2.05, 4.69) is 4.98 Å². The number of fused-ring (bicyclic) bond motifs is 1. The van der Waals surface area contributed by atoms with E-state index in [1.807, 2.05) is 10.8 Å². The maximum Gasteiger partial charge on any atom is 0.245 e. The third kappa shape index (κ3) is 2.36. The van der Waals surface area contributed by atoms with Gasteiger partial charge in [-0.05, 0) is 12.1 Å². The Hall–Kier alpha value is -2.06. The molecule has 8 heteroatoms. The second kappa shape index (κ2) is 5.05. The number of ether oxygens (including phenoxy) is 1. The minimum Gasteiger partial charge on any atom is -0.497 e. The van der Waals surface area contributed by atoms with Crippen LogP contribution in [0.1, 0.15) is 5.82 Å². The molecule has 1 aliphatic heterocycles. The molecule has 0 saturated heterocycles. The fourth-order valence-corrected chi connectivity index (χ4v) is 3.87. The van der Waals surface area contributed by atoms with Crippen LogP contribution < -0.4 is 10.5 Å². The van der Waals surface area contributed by atoms with E-state index in [0.29, 0.717) is 18.8 Å². The average Bonchev–Trinajstić information content (AvgIpc) is 2.94. The molecule has 7 nitrogen and oxygen atoms in total. The van der Waals surface area contributed by atoms with Gasteiger partial charge in [0, 0.05) is 31.5 Å². The topological polar surface area (TPSA) is 90.5 Å². The lowest BCUT2D eigenvalue weighted by atomic mass is 10.3.